The summed E-state index contributed by atoms with van der Waals surface area (Å²) in [4.78, 5) is 29.7. The first-order chi connectivity index (χ1) is 14.8. The van der Waals surface area contributed by atoms with Crippen molar-refractivity contribution < 1.29 is 24.9 Å². The molecule has 31 heavy (non-hydrogen) atoms. The summed E-state index contributed by atoms with van der Waals surface area (Å²) in [5.41, 5.74) is -3.19. The third kappa shape index (κ3) is 13.6. The highest BCUT2D eigenvalue weighted by Crippen LogP contribution is 2.15. The Bertz CT molecular complexity index is 718. The highest BCUT2D eigenvalue weighted by molar-refractivity contribution is 5.85. The second-order valence-electron chi connectivity index (χ2n) is 6.88. The van der Waals surface area contributed by atoms with Gasteiger partial charge in [0.25, 0.3) is 0 Å². The molecule has 0 atom stereocenters. The molecule has 2 N–H and O–H groups in total. The normalized spacial score (nSPS) is 13.3. The lowest BCUT2D eigenvalue weighted by atomic mass is 10.1. The summed E-state index contributed by atoms with van der Waals surface area (Å²) in [6, 6.07) is 0. The van der Waals surface area contributed by atoms with Crippen LogP contribution >= 0.6 is 0 Å². The van der Waals surface area contributed by atoms with Crippen LogP contribution in [0, 0.1) is 20.2 Å². The number of carbonyl (C=O) groups is 1. The van der Waals surface area contributed by atoms with Crippen molar-refractivity contribution in [3.8, 4) is 0 Å². The minimum Gasteiger partial charge on any atom is -0.502 e. The lowest BCUT2D eigenvalue weighted by Crippen LogP contribution is -2.18. The van der Waals surface area contributed by atoms with Crippen molar-refractivity contribution in [3.05, 3.63) is 79.9 Å². The molecule has 0 unspecified atom stereocenters. The van der Waals surface area contributed by atoms with Gasteiger partial charge in [0.2, 0.25) is 5.76 Å². The summed E-state index contributed by atoms with van der Waals surface area (Å²) in [6.07, 6.45) is 23.2. The molecule has 0 spiro atoms. The van der Waals surface area contributed by atoms with E-state index in [0.29, 0.717) is 0 Å². The van der Waals surface area contributed by atoms with E-state index < -0.39 is 33.0 Å². The maximum atomic E-state index is 10.9. The second-order valence-corrected chi connectivity index (χ2v) is 6.88. The van der Waals surface area contributed by atoms with Crippen molar-refractivity contribution in [2.75, 3.05) is 0 Å². The minimum absolute atomic E-state index is 0.820. The number of hydrogen-bond donors (Lipinski definition) is 2. The van der Waals surface area contributed by atoms with Gasteiger partial charge in [-0.2, -0.15) is 0 Å². The van der Waals surface area contributed by atoms with Gasteiger partial charge in [0.1, 0.15) is 0 Å². The van der Waals surface area contributed by atoms with Crippen LogP contribution in [0.4, 0.5) is 0 Å². The van der Waals surface area contributed by atoms with Crippen LogP contribution in [-0.2, 0) is 4.79 Å². The fraction of sp³-hybridized carbons (Fsp3) is 0.500. The van der Waals surface area contributed by atoms with Gasteiger partial charge >= 0.3 is 17.4 Å². The molecule has 172 valence electrons. The van der Waals surface area contributed by atoms with Crippen molar-refractivity contribution in [2.24, 2.45) is 0 Å². The number of hydrogen-bond acceptors (Lipinski definition) is 6. The van der Waals surface area contributed by atoms with Crippen LogP contribution in [0.15, 0.2) is 59.7 Å². The number of nitrogens with zero attached hydrogens (tertiary/aromatic N) is 2. The molecule has 0 aromatic carbocycles. The zero-order valence-electron chi connectivity index (χ0n) is 17.9. The molecule has 0 fully saturated rings. The summed E-state index contributed by atoms with van der Waals surface area (Å²) in [6.45, 7) is 2.22. The molecule has 0 amide bonds. The van der Waals surface area contributed by atoms with Crippen molar-refractivity contribution in [1.29, 1.82) is 0 Å². The molecule has 0 rings (SSSR count). The van der Waals surface area contributed by atoms with E-state index in [1.54, 1.807) is 12.2 Å². The van der Waals surface area contributed by atoms with Crippen LogP contribution in [0.25, 0.3) is 0 Å². The summed E-state index contributed by atoms with van der Waals surface area (Å²) in [5, 5.41) is 40.0. The Morgan fingerprint density at radius 3 is 1.74 bits per heavy atom. The average Bonchev–Trinajstić information content (AvgIpc) is 2.70. The van der Waals surface area contributed by atoms with E-state index in [1.165, 1.54) is 63.5 Å². The fourth-order valence-corrected chi connectivity index (χ4v) is 2.73. The van der Waals surface area contributed by atoms with Gasteiger partial charge in [-0.3, -0.25) is 20.2 Å². The van der Waals surface area contributed by atoms with Gasteiger partial charge in [-0.25, -0.2) is 4.79 Å². The van der Waals surface area contributed by atoms with Crippen molar-refractivity contribution >= 4 is 5.97 Å². The molecule has 0 aromatic rings. The average molecular weight is 437 g/mol. The molecule has 9 nitrogen and oxygen atoms in total. The first kappa shape index (κ1) is 27.8. The Morgan fingerprint density at radius 1 is 0.742 bits per heavy atom. The first-order valence-corrected chi connectivity index (χ1v) is 10.5. The van der Waals surface area contributed by atoms with Gasteiger partial charge in [0.05, 0.1) is 9.85 Å². The van der Waals surface area contributed by atoms with E-state index in [-0.39, 0.29) is 0 Å². The number of nitro groups is 2. The smallest absolute Gasteiger partial charge is 0.433 e. The zero-order chi connectivity index (χ0) is 23.5. The molecular formula is C22H32N2O7. The third-order valence-corrected chi connectivity index (χ3v) is 4.34. The topological polar surface area (TPSA) is 144 Å². The standard InChI is InChI=1S/C22H32N2O7/c1-2-3-4-5-6-7-8-9-10-11-12-13-14-15-16-17-18-19(25)20(23(28)29)21(22(26)27)24(30)31/h12-18,25H,2-11H2,1H3,(H,26,27). The Kier molecular flexibility index (Phi) is 15.8. The Labute approximate surface area is 182 Å². The van der Waals surface area contributed by atoms with Crippen LogP contribution in [0.5, 0.6) is 0 Å². The van der Waals surface area contributed by atoms with Gasteiger partial charge in [-0.05, 0) is 18.9 Å². The SMILES string of the molecule is CCCCCCCCCCCC=CC=CC=CC=C(O)C(=C(C(=O)O)[N+](=O)[O-])[N+](=O)[O-]. The van der Waals surface area contributed by atoms with E-state index in [2.05, 4.69) is 6.92 Å². The molecule has 0 radical (unpaired) electrons. The predicted octanol–water partition coefficient (Wildman–Crippen LogP) is 5.87. The lowest BCUT2D eigenvalue weighted by Gasteiger charge is -2.00. The third-order valence-electron chi connectivity index (χ3n) is 4.34. The number of carboxylic acid groups (broad SMARTS) is 1. The maximum Gasteiger partial charge on any atom is 0.433 e. The van der Waals surface area contributed by atoms with Crippen molar-refractivity contribution in [1.82, 2.24) is 0 Å². The maximum absolute atomic E-state index is 10.9. The van der Waals surface area contributed by atoms with Gasteiger partial charge in [-0.15, -0.1) is 0 Å². The van der Waals surface area contributed by atoms with Gasteiger partial charge in [0, 0.05) is 0 Å². The molecule has 0 bridgehead atoms. The molecule has 0 saturated heterocycles. The fourth-order valence-electron chi connectivity index (χ4n) is 2.73. The monoisotopic (exact) mass is 436 g/mol. The van der Waals surface area contributed by atoms with Crippen LogP contribution in [-0.4, -0.2) is 26.0 Å². The summed E-state index contributed by atoms with van der Waals surface area (Å²) < 4.78 is 0. The predicted molar refractivity (Wildman–Crippen MR) is 119 cm³/mol. The lowest BCUT2D eigenvalue weighted by molar-refractivity contribution is -0.467. The quantitative estimate of drug-likeness (QED) is 0.0724. The molecule has 0 aromatic heterocycles. The van der Waals surface area contributed by atoms with E-state index in [1.807, 2.05) is 12.2 Å². The van der Waals surface area contributed by atoms with E-state index in [9.17, 15) is 30.1 Å². The minimum atomic E-state index is -2.11. The largest absolute Gasteiger partial charge is 0.502 e. The highest BCUT2D eigenvalue weighted by Gasteiger charge is 2.38. The van der Waals surface area contributed by atoms with Crippen LogP contribution in [0.3, 0.4) is 0 Å². The summed E-state index contributed by atoms with van der Waals surface area (Å²) in [7, 11) is 0. The molecule has 0 aliphatic heterocycles. The molecule has 0 saturated carbocycles. The highest BCUT2D eigenvalue weighted by atomic mass is 16.6. The van der Waals surface area contributed by atoms with Crippen LogP contribution in [0.2, 0.25) is 0 Å². The Hall–Kier alpha value is -3.23. The van der Waals surface area contributed by atoms with Gasteiger partial charge < -0.3 is 10.2 Å². The number of unbranched alkanes of at least 4 members (excludes halogenated alkanes) is 9. The number of rotatable bonds is 17. The molecular weight excluding hydrogens is 404 g/mol. The van der Waals surface area contributed by atoms with Crippen LogP contribution in [0.1, 0.15) is 71.1 Å². The molecule has 0 aliphatic rings. The summed E-state index contributed by atoms with van der Waals surface area (Å²) >= 11 is 0. The second kappa shape index (κ2) is 17.6. The Balaban J connectivity index is 4.37. The first-order valence-electron chi connectivity index (χ1n) is 10.5. The number of aliphatic hydroxyl groups excluding tert-OH is 1. The summed E-state index contributed by atoms with van der Waals surface area (Å²) in [5.74, 6) is -3.23. The zero-order valence-corrected chi connectivity index (χ0v) is 17.9. The number of carboxylic acids is 1. The number of allylic oxidation sites excluding steroid dienone is 7. The van der Waals surface area contributed by atoms with E-state index in [4.69, 9.17) is 5.11 Å². The number of aliphatic carboxylic acids is 1. The number of aliphatic hydroxyl groups is 1. The van der Waals surface area contributed by atoms with Gasteiger partial charge in [-0.1, -0.05) is 94.7 Å². The van der Waals surface area contributed by atoms with E-state index >= 15 is 0 Å². The van der Waals surface area contributed by atoms with Gasteiger partial charge in [0.15, 0.2) is 0 Å². The molecule has 9 heteroatoms. The van der Waals surface area contributed by atoms with E-state index in [0.717, 1.165) is 18.9 Å². The van der Waals surface area contributed by atoms with Crippen molar-refractivity contribution in [2.45, 2.75) is 71.1 Å². The molecule has 0 aliphatic carbocycles. The Morgan fingerprint density at radius 2 is 1.23 bits per heavy atom. The van der Waals surface area contributed by atoms with Crippen molar-refractivity contribution in [3.63, 3.8) is 0 Å². The molecule has 0 heterocycles. The van der Waals surface area contributed by atoms with Crippen LogP contribution < -0.4 is 0 Å².